The molecule has 2 aromatic rings. The molecular formula is C24H30FNO2. The molecule has 2 aromatic carbocycles. The molecule has 0 spiro atoms. The average molecular weight is 384 g/mol. The summed E-state index contributed by atoms with van der Waals surface area (Å²) >= 11 is 0. The number of nitrogens with zero attached hydrogens (tertiary/aromatic N) is 1. The topological polar surface area (TPSA) is 29.5 Å². The number of ketones is 1. The lowest BCUT2D eigenvalue weighted by Crippen LogP contribution is -2.37. The summed E-state index contributed by atoms with van der Waals surface area (Å²) in [5.41, 5.74) is 3.21. The highest BCUT2D eigenvalue weighted by Crippen LogP contribution is 2.25. The monoisotopic (exact) mass is 383 g/mol. The molecule has 0 saturated carbocycles. The number of benzene rings is 2. The van der Waals surface area contributed by atoms with Crippen molar-refractivity contribution in [3.05, 3.63) is 65.0 Å². The van der Waals surface area contributed by atoms with Gasteiger partial charge in [0.15, 0.2) is 17.3 Å². The number of carbonyl (C=O) groups excluding carboxylic acids is 1. The Labute approximate surface area is 167 Å². The van der Waals surface area contributed by atoms with E-state index in [1.54, 1.807) is 12.1 Å². The largest absolute Gasteiger partial charge is 0.487 e. The SMILES string of the molecule is CC(=O)c1ccc(OC2CCN(Cc3ccc(C(C)(C)C)cc3)CC2)c(F)c1. The van der Waals surface area contributed by atoms with Gasteiger partial charge < -0.3 is 4.74 Å². The highest BCUT2D eigenvalue weighted by atomic mass is 19.1. The minimum absolute atomic E-state index is 0.0113. The number of piperidine rings is 1. The van der Waals surface area contributed by atoms with E-state index in [2.05, 4.69) is 49.9 Å². The second-order valence-corrected chi connectivity index (χ2v) is 8.74. The first-order valence-electron chi connectivity index (χ1n) is 10.0. The van der Waals surface area contributed by atoms with E-state index in [1.165, 1.54) is 24.1 Å². The van der Waals surface area contributed by atoms with Crippen LogP contribution in [0.4, 0.5) is 4.39 Å². The van der Waals surface area contributed by atoms with Crippen LogP contribution in [0.25, 0.3) is 0 Å². The Bertz CT molecular complexity index is 815. The van der Waals surface area contributed by atoms with E-state index >= 15 is 0 Å². The van der Waals surface area contributed by atoms with Crippen LogP contribution in [0.2, 0.25) is 0 Å². The van der Waals surface area contributed by atoms with Crippen LogP contribution in [0.1, 0.15) is 62.0 Å². The van der Waals surface area contributed by atoms with Gasteiger partial charge in [-0.25, -0.2) is 4.39 Å². The van der Waals surface area contributed by atoms with Gasteiger partial charge in [0.1, 0.15) is 6.10 Å². The van der Waals surface area contributed by atoms with Gasteiger partial charge in [-0.3, -0.25) is 9.69 Å². The molecule has 0 unspecified atom stereocenters. The molecule has 0 N–H and O–H groups in total. The van der Waals surface area contributed by atoms with Gasteiger partial charge in [0.05, 0.1) is 0 Å². The fourth-order valence-electron chi connectivity index (χ4n) is 3.55. The Balaban J connectivity index is 1.51. The smallest absolute Gasteiger partial charge is 0.165 e. The number of ether oxygens (including phenoxy) is 1. The Hall–Kier alpha value is -2.20. The maximum atomic E-state index is 14.2. The van der Waals surface area contributed by atoms with E-state index < -0.39 is 5.82 Å². The van der Waals surface area contributed by atoms with Crippen LogP contribution in [0.15, 0.2) is 42.5 Å². The molecule has 1 heterocycles. The zero-order valence-electron chi connectivity index (χ0n) is 17.3. The summed E-state index contributed by atoms with van der Waals surface area (Å²) in [6.45, 7) is 10.9. The lowest BCUT2D eigenvalue weighted by Gasteiger charge is -2.32. The fourth-order valence-corrected chi connectivity index (χ4v) is 3.55. The van der Waals surface area contributed by atoms with Gasteiger partial charge in [0, 0.05) is 25.2 Å². The normalized spacial score (nSPS) is 16.2. The number of Topliss-reactive ketones (excluding diaryl/α,β-unsaturated/α-hetero) is 1. The minimum Gasteiger partial charge on any atom is -0.487 e. The first kappa shape index (κ1) is 20.5. The molecule has 0 aromatic heterocycles. The average Bonchev–Trinajstić information content (AvgIpc) is 2.64. The van der Waals surface area contributed by atoms with Crippen LogP contribution in [0.3, 0.4) is 0 Å². The summed E-state index contributed by atoms with van der Waals surface area (Å²) in [5.74, 6) is -0.371. The highest BCUT2D eigenvalue weighted by molar-refractivity contribution is 5.94. The van der Waals surface area contributed by atoms with E-state index in [4.69, 9.17) is 4.74 Å². The molecule has 0 bridgehead atoms. The predicted octanol–water partition coefficient (Wildman–Crippen LogP) is 5.37. The molecule has 0 atom stereocenters. The molecule has 1 aliphatic heterocycles. The Morgan fingerprint density at radius 2 is 1.75 bits per heavy atom. The van der Waals surface area contributed by atoms with Crippen molar-refractivity contribution in [1.29, 1.82) is 0 Å². The van der Waals surface area contributed by atoms with Crippen molar-refractivity contribution in [2.75, 3.05) is 13.1 Å². The van der Waals surface area contributed by atoms with Crippen molar-refractivity contribution in [3.8, 4) is 5.75 Å². The molecule has 3 nitrogen and oxygen atoms in total. The van der Waals surface area contributed by atoms with Crippen molar-refractivity contribution in [2.24, 2.45) is 0 Å². The highest BCUT2D eigenvalue weighted by Gasteiger charge is 2.22. The van der Waals surface area contributed by atoms with Crippen LogP contribution < -0.4 is 4.74 Å². The number of hydrogen-bond acceptors (Lipinski definition) is 3. The molecule has 4 heteroatoms. The van der Waals surface area contributed by atoms with Crippen molar-refractivity contribution >= 4 is 5.78 Å². The molecule has 0 radical (unpaired) electrons. The van der Waals surface area contributed by atoms with Crippen LogP contribution in [-0.2, 0) is 12.0 Å². The standard InChI is InChI=1S/C24H30FNO2/c1-17(27)19-7-10-23(22(25)15-19)28-21-11-13-26(14-12-21)16-18-5-8-20(9-6-18)24(2,3)4/h5-10,15,21H,11-14,16H2,1-4H3. The Kier molecular flexibility index (Phi) is 6.19. The lowest BCUT2D eigenvalue weighted by atomic mass is 9.86. The molecule has 1 fully saturated rings. The van der Waals surface area contributed by atoms with Gasteiger partial charge in [0.2, 0.25) is 0 Å². The quantitative estimate of drug-likeness (QED) is 0.650. The fraction of sp³-hybridized carbons (Fsp3) is 0.458. The van der Waals surface area contributed by atoms with Gasteiger partial charge in [0.25, 0.3) is 0 Å². The molecule has 150 valence electrons. The minimum atomic E-state index is -0.464. The predicted molar refractivity (Wildman–Crippen MR) is 110 cm³/mol. The first-order chi connectivity index (χ1) is 13.2. The molecule has 0 amide bonds. The molecular weight excluding hydrogens is 353 g/mol. The summed E-state index contributed by atoms with van der Waals surface area (Å²) in [6.07, 6.45) is 1.75. The molecule has 28 heavy (non-hydrogen) atoms. The van der Waals surface area contributed by atoms with Gasteiger partial charge in [-0.1, -0.05) is 45.0 Å². The second-order valence-electron chi connectivity index (χ2n) is 8.74. The third-order valence-corrected chi connectivity index (χ3v) is 5.39. The van der Waals surface area contributed by atoms with Crippen molar-refractivity contribution in [2.45, 2.75) is 58.6 Å². The molecule has 3 rings (SSSR count). The van der Waals surface area contributed by atoms with E-state index in [0.717, 1.165) is 32.5 Å². The summed E-state index contributed by atoms with van der Waals surface area (Å²) in [5, 5.41) is 0. The summed E-state index contributed by atoms with van der Waals surface area (Å²) in [4.78, 5) is 13.8. The molecule has 1 saturated heterocycles. The summed E-state index contributed by atoms with van der Waals surface area (Å²) in [6, 6.07) is 13.3. The number of rotatable bonds is 5. The molecule has 1 aliphatic rings. The maximum absolute atomic E-state index is 14.2. The second kappa shape index (κ2) is 8.44. The zero-order valence-corrected chi connectivity index (χ0v) is 17.3. The van der Waals surface area contributed by atoms with E-state index in [-0.39, 0.29) is 23.1 Å². The van der Waals surface area contributed by atoms with Crippen LogP contribution in [-0.4, -0.2) is 29.9 Å². The Morgan fingerprint density at radius 1 is 1.11 bits per heavy atom. The van der Waals surface area contributed by atoms with E-state index in [9.17, 15) is 9.18 Å². The van der Waals surface area contributed by atoms with Gasteiger partial charge in [-0.2, -0.15) is 0 Å². The van der Waals surface area contributed by atoms with Crippen LogP contribution in [0, 0.1) is 5.82 Å². The van der Waals surface area contributed by atoms with Crippen molar-refractivity contribution < 1.29 is 13.9 Å². The summed E-state index contributed by atoms with van der Waals surface area (Å²) in [7, 11) is 0. The molecule has 0 aliphatic carbocycles. The summed E-state index contributed by atoms with van der Waals surface area (Å²) < 4.78 is 20.0. The zero-order chi connectivity index (χ0) is 20.3. The maximum Gasteiger partial charge on any atom is 0.165 e. The third-order valence-electron chi connectivity index (χ3n) is 5.39. The van der Waals surface area contributed by atoms with Crippen molar-refractivity contribution in [1.82, 2.24) is 4.90 Å². The number of hydrogen-bond donors (Lipinski definition) is 0. The Morgan fingerprint density at radius 3 is 2.29 bits per heavy atom. The van der Waals surface area contributed by atoms with Crippen LogP contribution >= 0.6 is 0 Å². The number of carbonyl (C=O) groups is 1. The lowest BCUT2D eigenvalue weighted by molar-refractivity contribution is 0.0934. The third kappa shape index (κ3) is 5.20. The van der Waals surface area contributed by atoms with Crippen molar-refractivity contribution in [3.63, 3.8) is 0 Å². The van der Waals surface area contributed by atoms with E-state index in [1.807, 2.05) is 0 Å². The van der Waals surface area contributed by atoms with Gasteiger partial charge >= 0.3 is 0 Å². The van der Waals surface area contributed by atoms with E-state index in [0.29, 0.717) is 5.56 Å². The van der Waals surface area contributed by atoms with Gasteiger partial charge in [-0.05, 0) is 54.5 Å². The van der Waals surface area contributed by atoms with Crippen LogP contribution in [0.5, 0.6) is 5.75 Å². The number of halogens is 1. The van der Waals surface area contributed by atoms with Gasteiger partial charge in [-0.15, -0.1) is 0 Å². The number of likely N-dealkylation sites (tertiary alicyclic amines) is 1. The first-order valence-corrected chi connectivity index (χ1v) is 10.0.